The second kappa shape index (κ2) is 8.84. The molecule has 0 amide bonds. The third-order valence-corrected chi connectivity index (χ3v) is 8.03. The van der Waals surface area contributed by atoms with Crippen LogP contribution in [0.3, 0.4) is 0 Å². The van der Waals surface area contributed by atoms with Gasteiger partial charge in [0.15, 0.2) is 0 Å². The Morgan fingerprint density at radius 2 is 1.33 bits per heavy atom. The highest BCUT2D eigenvalue weighted by molar-refractivity contribution is 6.85. The summed E-state index contributed by atoms with van der Waals surface area (Å²) in [7, 11) is -1.07. The topological polar surface area (TPSA) is 0 Å². The van der Waals surface area contributed by atoms with Gasteiger partial charge in [-0.1, -0.05) is 111 Å². The average Bonchev–Trinajstić information content (AvgIpc) is 2.57. The molecule has 0 radical (unpaired) electrons. The largest absolute Gasteiger partial charge is 0.103 e. The fraction of sp³-hybridized carbons (Fsp3) is 0.400. The monoisotopic (exact) mass is 296 g/mol. The third-order valence-electron chi connectivity index (χ3n) is 4.52. The van der Waals surface area contributed by atoms with E-state index in [0.29, 0.717) is 0 Å². The molecule has 2 aromatic rings. The highest BCUT2D eigenvalue weighted by Gasteiger charge is 2.20. The summed E-state index contributed by atoms with van der Waals surface area (Å²) in [4.78, 5) is 0. The smallest absolute Gasteiger partial charge is 0.0654 e. The molecule has 1 unspecified atom stereocenters. The Labute approximate surface area is 131 Å². The lowest BCUT2D eigenvalue weighted by atomic mass is 10.0. The maximum atomic E-state index is 2.36. The molecule has 2 aromatic carbocycles. The summed E-state index contributed by atoms with van der Waals surface area (Å²) in [5, 5.41) is 3.19. The fourth-order valence-electron chi connectivity index (χ4n) is 3.15. The Kier molecular flexibility index (Phi) is 6.75. The van der Waals surface area contributed by atoms with Crippen molar-refractivity contribution >= 4 is 19.2 Å². The molecule has 0 aliphatic heterocycles. The van der Waals surface area contributed by atoms with Crippen LogP contribution in [0, 0.1) is 5.92 Å². The maximum absolute atomic E-state index is 2.36. The molecule has 0 heterocycles. The predicted octanol–water partition coefficient (Wildman–Crippen LogP) is 4.24. The van der Waals surface area contributed by atoms with Crippen LogP contribution < -0.4 is 10.4 Å². The van der Waals surface area contributed by atoms with Crippen molar-refractivity contribution in [3.8, 4) is 0 Å². The normalized spacial score (nSPS) is 12.5. The number of unbranched alkanes of at least 4 members (excludes halogenated alkanes) is 1. The van der Waals surface area contributed by atoms with E-state index in [2.05, 4.69) is 74.5 Å². The van der Waals surface area contributed by atoms with Crippen molar-refractivity contribution in [1.29, 1.82) is 0 Å². The number of rotatable bonds is 8. The Morgan fingerprint density at radius 1 is 0.810 bits per heavy atom. The first-order valence-electron chi connectivity index (χ1n) is 8.45. The first-order chi connectivity index (χ1) is 10.3. The van der Waals surface area contributed by atoms with Gasteiger partial charge in [-0.25, -0.2) is 0 Å². The van der Waals surface area contributed by atoms with Gasteiger partial charge in [-0.2, -0.15) is 0 Å². The molecule has 21 heavy (non-hydrogen) atoms. The van der Waals surface area contributed by atoms with E-state index in [9.17, 15) is 0 Å². The molecule has 112 valence electrons. The van der Waals surface area contributed by atoms with E-state index in [1.807, 2.05) is 0 Å². The molecule has 0 aliphatic carbocycles. The summed E-state index contributed by atoms with van der Waals surface area (Å²) in [6.07, 6.45) is 5.42. The first kappa shape index (κ1) is 16.0. The van der Waals surface area contributed by atoms with E-state index in [-0.39, 0.29) is 0 Å². The summed E-state index contributed by atoms with van der Waals surface area (Å²) >= 11 is 0. The molecule has 2 rings (SSSR count). The van der Waals surface area contributed by atoms with Gasteiger partial charge in [0, 0.05) is 0 Å². The van der Waals surface area contributed by atoms with Crippen LogP contribution in [0.25, 0.3) is 0 Å². The molecule has 0 N–H and O–H groups in total. The zero-order valence-corrected chi connectivity index (χ0v) is 14.6. The van der Waals surface area contributed by atoms with Crippen molar-refractivity contribution in [2.24, 2.45) is 5.92 Å². The van der Waals surface area contributed by atoms with Gasteiger partial charge in [0.2, 0.25) is 0 Å². The van der Waals surface area contributed by atoms with E-state index >= 15 is 0 Å². The SMILES string of the molecule is CCCCC(CC)C[SiH](c1ccccc1)c1ccccc1. The Hall–Kier alpha value is -1.34. The molecule has 0 bridgehead atoms. The van der Waals surface area contributed by atoms with Crippen LogP contribution >= 0.6 is 0 Å². The van der Waals surface area contributed by atoms with Crippen molar-refractivity contribution in [2.75, 3.05) is 0 Å². The van der Waals surface area contributed by atoms with Crippen molar-refractivity contribution in [2.45, 2.75) is 45.6 Å². The number of hydrogen-bond donors (Lipinski definition) is 0. The molecule has 1 heteroatoms. The van der Waals surface area contributed by atoms with Crippen LogP contribution in [0.5, 0.6) is 0 Å². The van der Waals surface area contributed by atoms with Gasteiger partial charge in [0.05, 0.1) is 0 Å². The lowest BCUT2D eigenvalue weighted by Crippen LogP contribution is -2.43. The van der Waals surface area contributed by atoms with Gasteiger partial charge in [0.1, 0.15) is 8.80 Å². The molecule has 0 saturated carbocycles. The minimum atomic E-state index is -1.07. The average molecular weight is 297 g/mol. The minimum Gasteiger partial charge on any atom is -0.0654 e. The van der Waals surface area contributed by atoms with E-state index in [1.165, 1.54) is 31.7 Å². The van der Waals surface area contributed by atoms with Crippen LogP contribution in [0.2, 0.25) is 6.04 Å². The van der Waals surface area contributed by atoms with Crippen LogP contribution in [0.4, 0.5) is 0 Å². The standard InChI is InChI=1S/C20H28Si/c1-3-5-12-18(4-2)17-21(19-13-8-6-9-14-19)20-15-10-7-11-16-20/h6-11,13-16,18,21H,3-5,12,17H2,1-2H3. The molecule has 0 aromatic heterocycles. The molecular formula is C20H28Si. The second-order valence-electron chi connectivity index (χ2n) is 6.03. The van der Waals surface area contributed by atoms with E-state index < -0.39 is 8.80 Å². The van der Waals surface area contributed by atoms with Crippen molar-refractivity contribution in [3.63, 3.8) is 0 Å². The Balaban J connectivity index is 2.20. The van der Waals surface area contributed by atoms with Crippen molar-refractivity contribution in [3.05, 3.63) is 60.7 Å². The van der Waals surface area contributed by atoms with Crippen LogP contribution in [-0.2, 0) is 0 Å². The summed E-state index contributed by atoms with van der Waals surface area (Å²) in [6, 6.07) is 23.8. The first-order valence-corrected chi connectivity index (χ1v) is 10.4. The molecule has 0 nitrogen and oxygen atoms in total. The highest BCUT2D eigenvalue weighted by atomic mass is 28.3. The van der Waals surface area contributed by atoms with Crippen molar-refractivity contribution < 1.29 is 0 Å². The van der Waals surface area contributed by atoms with Gasteiger partial charge < -0.3 is 0 Å². The van der Waals surface area contributed by atoms with Crippen LogP contribution in [0.1, 0.15) is 39.5 Å². The zero-order chi connectivity index (χ0) is 14.9. The quantitative estimate of drug-likeness (QED) is 0.639. The molecule has 1 atom stereocenters. The van der Waals surface area contributed by atoms with E-state index in [4.69, 9.17) is 0 Å². The zero-order valence-electron chi connectivity index (χ0n) is 13.5. The van der Waals surface area contributed by atoms with Gasteiger partial charge in [-0.15, -0.1) is 0 Å². The summed E-state index contributed by atoms with van der Waals surface area (Å²) in [5.41, 5.74) is 0. The van der Waals surface area contributed by atoms with Crippen LogP contribution in [0.15, 0.2) is 60.7 Å². The van der Waals surface area contributed by atoms with Gasteiger partial charge in [-0.05, 0) is 12.0 Å². The highest BCUT2D eigenvalue weighted by Crippen LogP contribution is 2.19. The fourth-order valence-corrected chi connectivity index (χ4v) is 6.69. The lowest BCUT2D eigenvalue weighted by Gasteiger charge is -2.22. The van der Waals surface area contributed by atoms with Crippen molar-refractivity contribution in [1.82, 2.24) is 0 Å². The summed E-state index contributed by atoms with van der Waals surface area (Å²) in [5.74, 6) is 0.891. The Bertz CT molecular complexity index is 452. The third kappa shape index (κ3) is 4.85. The van der Waals surface area contributed by atoms with E-state index in [1.54, 1.807) is 10.4 Å². The molecule has 0 aliphatic rings. The maximum Gasteiger partial charge on any atom is 0.103 e. The lowest BCUT2D eigenvalue weighted by molar-refractivity contribution is 0.489. The summed E-state index contributed by atoms with van der Waals surface area (Å²) in [6.45, 7) is 4.66. The van der Waals surface area contributed by atoms with Gasteiger partial charge in [0.25, 0.3) is 0 Å². The predicted molar refractivity (Wildman–Crippen MR) is 97.4 cm³/mol. The van der Waals surface area contributed by atoms with Crippen LogP contribution in [-0.4, -0.2) is 8.80 Å². The summed E-state index contributed by atoms with van der Waals surface area (Å²) < 4.78 is 0. The molecule has 0 fully saturated rings. The molecule has 0 spiro atoms. The second-order valence-corrected chi connectivity index (χ2v) is 8.94. The number of benzene rings is 2. The molecule has 0 saturated heterocycles. The van der Waals surface area contributed by atoms with Gasteiger partial charge in [-0.3, -0.25) is 0 Å². The van der Waals surface area contributed by atoms with E-state index in [0.717, 1.165) is 5.92 Å². The Morgan fingerprint density at radius 3 is 1.76 bits per heavy atom. The number of hydrogen-bond acceptors (Lipinski definition) is 0. The minimum absolute atomic E-state index is 0.891. The van der Waals surface area contributed by atoms with Gasteiger partial charge >= 0.3 is 0 Å². The molecular weight excluding hydrogens is 268 g/mol.